The lowest BCUT2D eigenvalue weighted by Gasteiger charge is -2.41. The van der Waals surface area contributed by atoms with Crippen molar-refractivity contribution in [3.63, 3.8) is 0 Å². The fourth-order valence-corrected chi connectivity index (χ4v) is 4.83. The molecule has 0 fully saturated rings. The van der Waals surface area contributed by atoms with Crippen molar-refractivity contribution in [2.45, 2.75) is 78.3 Å². The Bertz CT molecular complexity index is 810. The van der Waals surface area contributed by atoms with Gasteiger partial charge in [0.2, 0.25) is 0 Å². The summed E-state index contributed by atoms with van der Waals surface area (Å²) in [6.07, 6.45) is 11.6. The maximum atomic E-state index is 3.38. The van der Waals surface area contributed by atoms with E-state index in [4.69, 9.17) is 0 Å². The van der Waals surface area contributed by atoms with Crippen molar-refractivity contribution >= 4 is 17.3 Å². The van der Waals surface area contributed by atoms with Crippen LogP contribution < -0.4 is 9.95 Å². The lowest BCUT2D eigenvalue weighted by atomic mass is 9.16. The predicted molar refractivity (Wildman–Crippen MR) is 143 cm³/mol. The summed E-state index contributed by atoms with van der Waals surface area (Å²) in [5.74, 6) is 6.73. The zero-order valence-electron chi connectivity index (χ0n) is 21.0. The van der Waals surface area contributed by atoms with Crippen molar-refractivity contribution in [1.29, 1.82) is 0 Å². The number of hydrogen-bond acceptors (Lipinski definition) is 0. The van der Waals surface area contributed by atoms with Gasteiger partial charge in [-0.15, -0.1) is 0 Å². The van der Waals surface area contributed by atoms with Crippen LogP contribution in [0.1, 0.15) is 70.4 Å². The number of benzene rings is 2. The van der Waals surface area contributed by atoms with Crippen LogP contribution in [0.2, 0.25) is 19.0 Å². The van der Waals surface area contributed by atoms with Crippen LogP contribution in [0.3, 0.4) is 0 Å². The molecule has 0 bridgehead atoms. The van der Waals surface area contributed by atoms with E-state index in [1.54, 1.807) is 5.46 Å². The molecule has 0 saturated carbocycles. The van der Waals surface area contributed by atoms with Crippen LogP contribution in [0, 0.1) is 11.8 Å². The van der Waals surface area contributed by atoms with Crippen molar-refractivity contribution in [1.82, 2.24) is 4.48 Å². The zero-order chi connectivity index (χ0) is 22.7. The molecule has 31 heavy (non-hydrogen) atoms. The van der Waals surface area contributed by atoms with Crippen molar-refractivity contribution in [2.24, 2.45) is 0 Å². The van der Waals surface area contributed by atoms with Crippen molar-refractivity contribution in [3.05, 3.63) is 59.7 Å². The third kappa shape index (κ3) is 7.58. The van der Waals surface area contributed by atoms with Gasteiger partial charge in [0, 0.05) is 29.4 Å². The molecule has 1 nitrogen and oxygen atoms in total. The van der Waals surface area contributed by atoms with Crippen LogP contribution in [0.15, 0.2) is 48.5 Å². The molecule has 0 aliphatic carbocycles. The molecule has 168 valence electrons. The fourth-order valence-electron chi connectivity index (χ4n) is 4.83. The predicted octanol–water partition coefficient (Wildman–Crippen LogP) is 7.34. The summed E-state index contributed by atoms with van der Waals surface area (Å²) >= 11 is 0. The van der Waals surface area contributed by atoms with Gasteiger partial charge in [-0.05, 0) is 24.3 Å². The van der Waals surface area contributed by atoms with Gasteiger partial charge < -0.3 is 0 Å². The average molecular weight is 417 g/mol. The highest BCUT2D eigenvalue weighted by atomic mass is 15.3. The average Bonchev–Trinajstić information content (AvgIpc) is 2.77. The molecule has 0 aliphatic rings. The third-order valence-electron chi connectivity index (χ3n) is 6.94. The molecule has 2 aromatic rings. The van der Waals surface area contributed by atoms with Crippen LogP contribution in [-0.2, 0) is 0 Å². The quantitative estimate of drug-likeness (QED) is 0.204. The first kappa shape index (κ1) is 25.3. The minimum Gasteiger partial charge on any atom is -0.298 e. The summed E-state index contributed by atoms with van der Waals surface area (Å²) < 4.78 is 0.826. The van der Waals surface area contributed by atoms with E-state index in [0.29, 0.717) is 0 Å². The first-order valence-electron chi connectivity index (χ1n) is 12.6. The van der Waals surface area contributed by atoms with Gasteiger partial charge >= 0.3 is 0 Å². The highest BCUT2D eigenvalue weighted by Crippen LogP contribution is 2.28. The van der Waals surface area contributed by atoms with E-state index in [2.05, 4.69) is 102 Å². The van der Waals surface area contributed by atoms with Gasteiger partial charge in [-0.1, -0.05) is 83.3 Å². The largest absolute Gasteiger partial charge is 0.298 e. The standard InChI is InChI=1S/C29H44BN/c1-7-10-23-30(24-11-8-2,25-12-9-3)28-19-15-26(16-20-28)13-14-27-17-21-29(22-18-27)31(4,5)6/h15-22H,7-12,23-25H2,1-6H3. The SMILES string of the molecule is CCCC[B-](CCCC)(CCCC)c1ccc(C#Cc2ccc([N+](C)(C)C)cc2)cc1. The summed E-state index contributed by atoms with van der Waals surface area (Å²) in [4.78, 5) is 0. The van der Waals surface area contributed by atoms with Gasteiger partial charge in [0.1, 0.15) is 5.69 Å². The second-order valence-corrected chi connectivity index (χ2v) is 10.3. The molecular weight excluding hydrogens is 373 g/mol. The van der Waals surface area contributed by atoms with E-state index < -0.39 is 6.15 Å². The zero-order valence-corrected chi connectivity index (χ0v) is 21.0. The Morgan fingerprint density at radius 1 is 0.613 bits per heavy atom. The molecule has 0 N–H and O–H groups in total. The van der Waals surface area contributed by atoms with Crippen LogP contribution in [0.4, 0.5) is 5.69 Å². The van der Waals surface area contributed by atoms with E-state index in [9.17, 15) is 0 Å². The Labute approximate surface area is 192 Å². The summed E-state index contributed by atoms with van der Waals surface area (Å²) in [6.45, 7) is 6.98. The monoisotopic (exact) mass is 417 g/mol. The topological polar surface area (TPSA) is 0 Å². The molecule has 0 atom stereocenters. The lowest BCUT2D eigenvalue weighted by molar-refractivity contribution is 0.486. The van der Waals surface area contributed by atoms with Crippen LogP contribution in [0.5, 0.6) is 0 Å². The third-order valence-corrected chi connectivity index (χ3v) is 6.94. The molecule has 2 rings (SSSR count). The first-order valence-corrected chi connectivity index (χ1v) is 12.6. The van der Waals surface area contributed by atoms with Crippen LogP contribution >= 0.6 is 0 Å². The Balaban J connectivity index is 2.23. The molecule has 2 aromatic carbocycles. The summed E-state index contributed by atoms with van der Waals surface area (Å²) in [5, 5.41) is 0. The van der Waals surface area contributed by atoms with Crippen molar-refractivity contribution < 1.29 is 0 Å². The number of unbranched alkanes of at least 4 members (excludes halogenated alkanes) is 3. The van der Waals surface area contributed by atoms with Gasteiger partial charge in [-0.25, -0.2) is 5.46 Å². The highest BCUT2D eigenvalue weighted by molar-refractivity contribution is 6.91. The van der Waals surface area contributed by atoms with Gasteiger partial charge in [0.05, 0.1) is 21.1 Å². The normalized spacial score (nSPS) is 11.8. The van der Waals surface area contributed by atoms with Gasteiger partial charge in [0.15, 0.2) is 0 Å². The number of nitrogens with zero attached hydrogens (tertiary/aromatic N) is 1. The molecule has 0 heterocycles. The van der Waals surface area contributed by atoms with Gasteiger partial charge in [0.25, 0.3) is 0 Å². The summed E-state index contributed by atoms with van der Waals surface area (Å²) in [6, 6.07) is 17.9. The molecule has 0 unspecified atom stereocenters. The van der Waals surface area contributed by atoms with E-state index in [-0.39, 0.29) is 0 Å². The summed E-state index contributed by atoms with van der Waals surface area (Å²) in [5.41, 5.74) is 5.08. The maximum Gasteiger partial charge on any atom is 0.132 e. The highest BCUT2D eigenvalue weighted by Gasteiger charge is 2.24. The number of quaternary nitrogens is 1. The molecule has 0 aromatic heterocycles. The minimum absolute atomic E-state index is 0.450. The van der Waals surface area contributed by atoms with Crippen molar-refractivity contribution in [2.75, 3.05) is 21.1 Å². The van der Waals surface area contributed by atoms with E-state index in [1.165, 1.54) is 63.2 Å². The smallest absolute Gasteiger partial charge is 0.132 e. The molecule has 0 saturated heterocycles. The van der Waals surface area contributed by atoms with Crippen LogP contribution in [-0.4, -0.2) is 27.3 Å². The fraction of sp³-hybridized carbons (Fsp3) is 0.517. The van der Waals surface area contributed by atoms with Crippen LogP contribution in [0.25, 0.3) is 0 Å². The number of hydrogen-bond donors (Lipinski definition) is 0. The Morgan fingerprint density at radius 2 is 1.00 bits per heavy atom. The molecule has 0 radical (unpaired) electrons. The van der Waals surface area contributed by atoms with Crippen molar-refractivity contribution in [3.8, 4) is 11.8 Å². The Morgan fingerprint density at radius 3 is 1.35 bits per heavy atom. The molecule has 2 heteroatoms. The maximum absolute atomic E-state index is 3.38. The summed E-state index contributed by atoms with van der Waals surface area (Å²) in [7, 11) is 6.56. The molecular formula is C29H44BN. The van der Waals surface area contributed by atoms with E-state index >= 15 is 0 Å². The molecule has 0 amide bonds. The van der Waals surface area contributed by atoms with E-state index in [1.807, 2.05) is 0 Å². The van der Waals surface area contributed by atoms with Gasteiger partial charge in [-0.2, -0.15) is 19.0 Å². The molecule has 0 spiro atoms. The lowest BCUT2D eigenvalue weighted by Crippen LogP contribution is -2.47. The number of rotatable bonds is 11. The first-order chi connectivity index (χ1) is 14.8. The van der Waals surface area contributed by atoms with Gasteiger partial charge in [-0.3, -0.25) is 4.48 Å². The van der Waals surface area contributed by atoms with E-state index in [0.717, 1.165) is 15.6 Å². The molecule has 0 aliphatic heterocycles. The minimum atomic E-state index is -0.450. The second-order valence-electron chi connectivity index (χ2n) is 10.3. The Hall–Kier alpha value is -1.98. The second kappa shape index (κ2) is 12.2. The Kier molecular flexibility index (Phi) is 9.92.